The van der Waals surface area contributed by atoms with Gasteiger partial charge in [-0.15, -0.1) is 0 Å². The maximum Gasteiger partial charge on any atom is 0.223 e. The van der Waals surface area contributed by atoms with Crippen molar-refractivity contribution in [1.82, 2.24) is 9.80 Å². The van der Waals surface area contributed by atoms with Crippen LogP contribution < -0.4 is 10.6 Å². The minimum Gasteiger partial charge on any atom is -0.369 e. The van der Waals surface area contributed by atoms with Crippen molar-refractivity contribution in [2.75, 3.05) is 50.7 Å². The summed E-state index contributed by atoms with van der Waals surface area (Å²) in [7, 11) is 0. The summed E-state index contributed by atoms with van der Waals surface area (Å²) in [6, 6.07) is 10.7. The number of anilines is 1. The van der Waals surface area contributed by atoms with Gasteiger partial charge in [-0.2, -0.15) is 0 Å². The Kier molecular flexibility index (Phi) is 4.95. The number of rotatable bonds is 4. The molecule has 2 heterocycles. The number of nitrogens with zero attached hydrogens (tertiary/aromatic N) is 3. The number of carbonyl (C=O) groups is 1. The summed E-state index contributed by atoms with van der Waals surface area (Å²) in [5, 5.41) is 0. The minimum absolute atomic E-state index is 0.179. The third kappa shape index (κ3) is 3.78. The molecule has 5 heteroatoms. The van der Waals surface area contributed by atoms with Gasteiger partial charge >= 0.3 is 0 Å². The lowest BCUT2D eigenvalue weighted by Crippen LogP contribution is -2.47. The van der Waals surface area contributed by atoms with E-state index in [4.69, 9.17) is 5.73 Å². The lowest BCUT2D eigenvalue weighted by molar-refractivity contribution is -0.130. The molecule has 0 radical (unpaired) electrons. The number of likely N-dealkylation sites (tertiary alicyclic amines) is 1. The Morgan fingerprint density at radius 2 is 1.82 bits per heavy atom. The summed E-state index contributed by atoms with van der Waals surface area (Å²) in [6.45, 7) is 6.57. The van der Waals surface area contributed by atoms with Crippen LogP contribution in [0.5, 0.6) is 0 Å². The first-order valence-electron chi connectivity index (χ1n) is 8.28. The van der Waals surface area contributed by atoms with Gasteiger partial charge in [0.05, 0.1) is 0 Å². The smallest absolute Gasteiger partial charge is 0.223 e. The first-order valence-corrected chi connectivity index (χ1v) is 8.28. The Morgan fingerprint density at radius 1 is 1.09 bits per heavy atom. The van der Waals surface area contributed by atoms with Crippen LogP contribution in [0.1, 0.15) is 12.8 Å². The van der Waals surface area contributed by atoms with Crippen molar-refractivity contribution in [3.8, 4) is 0 Å². The molecule has 5 nitrogen and oxygen atoms in total. The van der Waals surface area contributed by atoms with E-state index in [9.17, 15) is 4.79 Å². The van der Waals surface area contributed by atoms with Crippen molar-refractivity contribution in [2.45, 2.75) is 18.9 Å². The second kappa shape index (κ2) is 7.11. The van der Waals surface area contributed by atoms with E-state index in [0.29, 0.717) is 6.42 Å². The number of benzene rings is 1. The molecule has 22 heavy (non-hydrogen) atoms. The monoisotopic (exact) mass is 302 g/mol. The van der Waals surface area contributed by atoms with E-state index in [1.165, 1.54) is 5.69 Å². The normalized spacial score (nSPS) is 23.0. The first kappa shape index (κ1) is 15.3. The molecule has 1 aromatic carbocycles. The summed E-state index contributed by atoms with van der Waals surface area (Å²) in [4.78, 5) is 18.9. The SMILES string of the molecule is N[C@@H]1CCN(C(=O)CCN2CCN(c3ccccc3)CC2)C1. The molecular formula is C17H26N4O. The lowest BCUT2D eigenvalue weighted by Gasteiger charge is -2.36. The summed E-state index contributed by atoms with van der Waals surface area (Å²) < 4.78 is 0. The van der Waals surface area contributed by atoms with Crippen LogP contribution in [0.2, 0.25) is 0 Å². The maximum atomic E-state index is 12.2. The molecule has 0 aromatic heterocycles. The third-order valence-corrected chi connectivity index (χ3v) is 4.71. The zero-order chi connectivity index (χ0) is 15.4. The fourth-order valence-corrected chi connectivity index (χ4v) is 3.29. The minimum atomic E-state index is 0.179. The zero-order valence-corrected chi connectivity index (χ0v) is 13.2. The van der Waals surface area contributed by atoms with Crippen LogP contribution in [0, 0.1) is 0 Å². The van der Waals surface area contributed by atoms with Crippen LogP contribution in [0.3, 0.4) is 0 Å². The van der Waals surface area contributed by atoms with E-state index in [0.717, 1.165) is 52.2 Å². The quantitative estimate of drug-likeness (QED) is 0.892. The lowest BCUT2D eigenvalue weighted by atomic mass is 10.2. The number of piperazine rings is 1. The summed E-state index contributed by atoms with van der Waals surface area (Å²) >= 11 is 0. The molecule has 2 N–H and O–H groups in total. The number of hydrogen-bond donors (Lipinski definition) is 1. The highest BCUT2D eigenvalue weighted by Gasteiger charge is 2.24. The Balaban J connectivity index is 1.40. The molecule has 2 aliphatic heterocycles. The Hall–Kier alpha value is -1.59. The van der Waals surface area contributed by atoms with Crippen molar-refractivity contribution in [1.29, 1.82) is 0 Å². The fraction of sp³-hybridized carbons (Fsp3) is 0.588. The number of para-hydroxylation sites is 1. The molecule has 0 spiro atoms. The first-order chi connectivity index (χ1) is 10.7. The fourth-order valence-electron chi connectivity index (χ4n) is 3.29. The zero-order valence-electron chi connectivity index (χ0n) is 13.2. The van der Waals surface area contributed by atoms with Crippen molar-refractivity contribution in [3.05, 3.63) is 30.3 Å². The molecule has 120 valence electrons. The standard InChI is InChI=1S/C17H26N4O/c18-15-6-9-21(14-15)17(22)7-8-19-10-12-20(13-11-19)16-4-2-1-3-5-16/h1-5,15H,6-14,18H2/t15-/m1/s1. The van der Waals surface area contributed by atoms with Crippen molar-refractivity contribution in [2.24, 2.45) is 5.73 Å². The molecule has 2 aliphatic rings. The van der Waals surface area contributed by atoms with Crippen LogP contribution >= 0.6 is 0 Å². The number of carbonyl (C=O) groups excluding carboxylic acids is 1. The van der Waals surface area contributed by atoms with Crippen LogP contribution in [0.4, 0.5) is 5.69 Å². The molecule has 1 amide bonds. The van der Waals surface area contributed by atoms with E-state index in [1.807, 2.05) is 4.90 Å². The Bertz CT molecular complexity index is 485. The summed E-state index contributed by atoms with van der Waals surface area (Å²) in [5.41, 5.74) is 7.16. The third-order valence-electron chi connectivity index (χ3n) is 4.71. The number of nitrogens with two attached hydrogens (primary N) is 1. The Morgan fingerprint density at radius 3 is 2.45 bits per heavy atom. The van der Waals surface area contributed by atoms with Crippen LogP contribution in [0.15, 0.2) is 30.3 Å². The highest BCUT2D eigenvalue weighted by Crippen LogP contribution is 2.16. The molecule has 0 aliphatic carbocycles. The maximum absolute atomic E-state index is 12.2. The summed E-state index contributed by atoms with van der Waals surface area (Å²) in [6.07, 6.45) is 1.57. The highest BCUT2D eigenvalue weighted by atomic mass is 16.2. The molecular weight excluding hydrogens is 276 g/mol. The predicted molar refractivity (Wildman–Crippen MR) is 88.9 cm³/mol. The number of amides is 1. The second-order valence-corrected chi connectivity index (χ2v) is 6.30. The van der Waals surface area contributed by atoms with Gasteiger partial charge in [0.2, 0.25) is 5.91 Å². The predicted octanol–water partition coefficient (Wildman–Crippen LogP) is 0.758. The van der Waals surface area contributed by atoms with Gasteiger partial charge in [0.25, 0.3) is 0 Å². The molecule has 1 aromatic rings. The largest absolute Gasteiger partial charge is 0.369 e. The van der Waals surface area contributed by atoms with E-state index in [1.54, 1.807) is 0 Å². The van der Waals surface area contributed by atoms with E-state index >= 15 is 0 Å². The van der Waals surface area contributed by atoms with Crippen molar-refractivity contribution >= 4 is 11.6 Å². The van der Waals surface area contributed by atoms with Gasteiger partial charge in [-0.3, -0.25) is 9.69 Å². The van der Waals surface area contributed by atoms with Crippen LogP contribution in [-0.4, -0.2) is 67.6 Å². The molecule has 2 saturated heterocycles. The average Bonchev–Trinajstić information content (AvgIpc) is 3.00. The average molecular weight is 302 g/mol. The Labute approximate surface area is 132 Å². The molecule has 1 atom stereocenters. The van der Waals surface area contributed by atoms with Gasteiger partial charge < -0.3 is 15.5 Å². The van der Waals surface area contributed by atoms with E-state index in [-0.39, 0.29) is 11.9 Å². The summed E-state index contributed by atoms with van der Waals surface area (Å²) in [5.74, 6) is 0.262. The highest BCUT2D eigenvalue weighted by molar-refractivity contribution is 5.76. The molecule has 0 saturated carbocycles. The molecule has 0 bridgehead atoms. The van der Waals surface area contributed by atoms with Gasteiger partial charge in [0.1, 0.15) is 0 Å². The van der Waals surface area contributed by atoms with Gasteiger partial charge in [-0.1, -0.05) is 18.2 Å². The van der Waals surface area contributed by atoms with E-state index in [2.05, 4.69) is 40.1 Å². The van der Waals surface area contributed by atoms with Crippen molar-refractivity contribution < 1.29 is 4.79 Å². The molecule has 0 unspecified atom stereocenters. The van der Waals surface area contributed by atoms with Gasteiger partial charge in [0.15, 0.2) is 0 Å². The van der Waals surface area contributed by atoms with Crippen LogP contribution in [-0.2, 0) is 4.79 Å². The molecule has 2 fully saturated rings. The number of hydrogen-bond acceptors (Lipinski definition) is 4. The van der Waals surface area contributed by atoms with Crippen LogP contribution in [0.25, 0.3) is 0 Å². The topological polar surface area (TPSA) is 52.8 Å². The van der Waals surface area contributed by atoms with Gasteiger partial charge in [-0.25, -0.2) is 0 Å². The van der Waals surface area contributed by atoms with Gasteiger partial charge in [-0.05, 0) is 18.6 Å². The molecule has 3 rings (SSSR count). The van der Waals surface area contributed by atoms with Gasteiger partial charge in [0, 0.05) is 64.0 Å². The second-order valence-electron chi connectivity index (χ2n) is 6.30. The van der Waals surface area contributed by atoms with E-state index < -0.39 is 0 Å². The van der Waals surface area contributed by atoms with Crippen molar-refractivity contribution in [3.63, 3.8) is 0 Å².